The largest absolute Gasteiger partial charge is 0.497 e. The van der Waals surface area contributed by atoms with Gasteiger partial charge in [0.25, 0.3) is 0 Å². The van der Waals surface area contributed by atoms with Gasteiger partial charge in [0.05, 0.1) is 36.6 Å². The Kier molecular flexibility index (Phi) is 5.83. The molecule has 4 atom stereocenters. The first-order valence-corrected chi connectivity index (χ1v) is 14.2. The van der Waals surface area contributed by atoms with E-state index in [1.54, 1.807) is 24.3 Å². The number of carbonyl (C=O) groups excluding carboxylic acids is 3. The van der Waals surface area contributed by atoms with Crippen molar-refractivity contribution < 1.29 is 23.9 Å². The Balaban J connectivity index is 1.56. The molecule has 1 saturated heterocycles. The van der Waals surface area contributed by atoms with Crippen LogP contribution in [0.3, 0.4) is 0 Å². The third kappa shape index (κ3) is 3.47. The van der Waals surface area contributed by atoms with Crippen LogP contribution in [0.2, 0.25) is 0 Å². The summed E-state index contributed by atoms with van der Waals surface area (Å²) in [6.45, 7) is 0. The number of fused-ring (bicyclic) bond motifs is 6. The van der Waals surface area contributed by atoms with Crippen molar-refractivity contribution in [1.29, 1.82) is 0 Å². The number of amides is 1. The SMILES string of the molecule is COc1ccc(OC)c(C(=O)[C@@H]2[C@@H](C(=O)c3cccs3)N3C=Cc4ccccc4[C@@H]3[C@]23C(=O)Nc2ccccc23)c1. The number of rotatable bonds is 6. The van der Waals surface area contributed by atoms with Crippen LogP contribution in [-0.2, 0) is 10.2 Å². The van der Waals surface area contributed by atoms with Gasteiger partial charge in [0.2, 0.25) is 5.91 Å². The van der Waals surface area contributed by atoms with Crippen LogP contribution >= 0.6 is 11.3 Å². The Morgan fingerprint density at radius 2 is 1.73 bits per heavy atom. The van der Waals surface area contributed by atoms with Gasteiger partial charge in [-0.2, -0.15) is 0 Å². The Hall–Kier alpha value is -4.69. The summed E-state index contributed by atoms with van der Waals surface area (Å²) in [6, 6.07) is 22.4. The standard InChI is InChI=1S/C33H26N2O5S/c1-39-20-13-14-25(40-2)22(18-20)29(36)27-28(30(37)26-12-7-17-41-26)35-16-15-19-8-3-4-9-21(19)31(35)33(27)23-10-5-6-11-24(23)34-32(33)38/h3-18,27-28,31H,1-2H3,(H,34,38)/t27-,28-,31+,33+/m0/s1. The van der Waals surface area contributed by atoms with Crippen molar-refractivity contribution in [3.63, 3.8) is 0 Å². The summed E-state index contributed by atoms with van der Waals surface area (Å²) in [5, 5.41) is 4.91. The van der Waals surface area contributed by atoms with E-state index in [1.807, 2.05) is 77.2 Å². The van der Waals surface area contributed by atoms with E-state index in [9.17, 15) is 9.59 Å². The van der Waals surface area contributed by atoms with Crippen LogP contribution in [-0.4, -0.2) is 42.6 Å². The summed E-state index contributed by atoms with van der Waals surface area (Å²) in [5.74, 6) is -1.13. The normalized spacial score (nSPS) is 23.5. The van der Waals surface area contributed by atoms with Gasteiger partial charge in [-0.05, 0) is 58.5 Å². The molecule has 0 aliphatic carbocycles. The lowest BCUT2D eigenvalue weighted by molar-refractivity contribution is -0.122. The van der Waals surface area contributed by atoms with E-state index < -0.39 is 23.4 Å². The first-order chi connectivity index (χ1) is 20.0. The lowest BCUT2D eigenvalue weighted by Gasteiger charge is -2.38. The predicted molar refractivity (Wildman–Crippen MR) is 157 cm³/mol. The van der Waals surface area contributed by atoms with Gasteiger partial charge >= 0.3 is 0 Å². The van der Waals surface area contributed by atoms with Crippen molar-refractivity contribution in [2.75, 3.05) is 19.5 Å². The average Bonchev–Trinajstić information content (AvgIpc) is 3.73. The summed E-state index contributed by atoms with van der Waals surface area (Å²) < 4.78 is 11.1. The monoisotopic (exact) mass is 562 g/mol. The maximum Gasteiger partial charge on any atom is 0.238 e. The highest BCUT2D eigenvalue weighted by atomic mass is 32.1. The molecule has 1 amide bonds. The lowest BCUT2D eigenvalue weighted by Crippen LogP contribution is -2.49. The molecule has 41 heavy (non-hydrogen) atoms. The lowest BCUT2D eigenvalue weighted by atomic mass is 9.62. The van der Waals surface area contributed by atoms with Gasteiger partial charge in [-0.3, -0.25) is 14.4 Å². The van der Waals surface area contributed by atoms with E-state index in [0.29, 0.717) is 27.6 Å². The molecular formula is C33H26N2O5S. The fraction of sp³-hybridized carbons (Fsp3) is 0.182. The number of carbonyl (C=O) groups is 3. The number of ether oxygens (including phenoxy) is 2. The molecule has 1 N–H and O–H groups in total. The van der Waals surface area contributed by atoms with Crippen LogP contribution in [0.4, 0.5) is 5.69 Å². The first-order valence-electron chi connectivity index (χ1n) is 13.3. The number of benzene rings is 3. The number of ketones is 2. The number of hydrogen-bond donors (Lipinski definition) is 1. The molecule has 0 radical (unpaired) electrons. The highest BCUT2D eigenvalue weighted by molar-refractivity contribution is 7.12. The molecule has 4 heterocycles. The third-order valence-corrected chi connectivity index (χ3v) is 9.44. The number of methoxy groups -OCH3 is 2. The van der Waals surface area contributed by atoms with E-state index in [1.165, 1.54) is 25.6 Å². The minimum Gasteiger partial charge on any atom is -0.497 e. The molecule has 0 unspecified atom stereocenters. The predicted octanol–water partition coefficient (Wildman–Crippen LogP) is 5.75. The molecular weight excluding hydrogens is 536 g/mol. The van der Waals surface area contributed by atoms with Crippen molar-refractivity contribution in [3.05, 3.63) is 118 Å². The number of Topliss-reactive ketones (excluding diaryl/α,β-unsaturated/α-hetero) is 2. The first kappa shape index (κ1) is 25.3. The summed E-state index contributed by atoms with van der Waals surface area (Å²) >= 11 is 1.33. The number of para-hydroxylation sites is 1. The molecule has 0 bridgehead atoms. The number of nitrogens with zero attached hydrogens (tertiary/aromatic N) is 1. The topological polar surface area (TPSA) is 84.9 Å². The number of anilines is 1. The van der Waals surface area contributed by atoms with Crippen molar-refractivity contribution >= 4 is 40.6 Å². The molecule has 3 aliphatic heterocycles. The minimum atomic E-state index is -1.40. The maximum atomic E-state index is 15.0. The van der Waals surface area contributed by atoms with Gasteiger partial charge in [0, 0.05) is 11.9 Å². The van der Waals surface area contributed by atoms with E-state index in [0.717, 1.165) is 11.1 Å². The van der Waals surface area contributed by atoms with E-state index in [4.69, 9.17) is 9.47 Å². The van der Waals surface area contributed by atoms with E-state index >= 15 is 4.79 Å². The fourth-order valence-electron chi connectivity index (χ4n) is 6.91. The van der Waals surface area contributed by atoms with Gasteiger partial charge in [0.1, 0.15) is 23.0 Å². The van der Waals surface area contributed by atoms with Gasteiger partial charge in [-0.15, -0.1) is 11.3 Å². The Labute approximate surface area is 241 Å². The zero-order valence-electron chi connectivity index (χ0n) is 22.4. The van der Waals surface area contributed by atoms with Gasteiger partial charge in [0.15, 0.2) is 11.6 Å². The van der Waals surface area contributed by atoms with Crippen molar-refractivity contribution in [3.8, 4) is 11.5 Å². The molecule has 1 aromatic heterocycles. The molecule has 7 nitrogen and oxygen atoms in total. The molecule has 0 saturated carbocycles. The second kappa shape index (κ2) is 9.45. The van der Waals surface area contributed by atoms with Crippen molar-refractivity contribution in [1.82, 2.24) is 4.90 Å². The van der Waals surface area contributed by atoms with Crippen LogP contribution in [0.5, 0.6) is 11.5 Å². The van der Waals surface area contributed by atoms with Gasteiger partial charge in [-0.25, -0.2) is 0 Å². The summed E-state index contributed by atoms with van der Waals surface area (Å²) in [6.07, 6.45) is 3.82. The number of thiophene rings is 1. The van der Waals surface area contributed by atoms with Crippen molar-refractivity contribution in [2.45, 2.75) is 17.5 Å². The molecule has 204 valence electrons. The second-order valence-corrected chi connectivity index (χ2v) is 11.3. The van der Waals surface area contributed by atoms with E-state index in [-0.39, 0.29) is 23.0 Å². The Bertz CT molecular complexity index is 1750. The molecule has 4 aromatic rings. The van der Waals surface area contributed by atoms with Crippen LogP contribution < -0.4 is 14.8 Å². The maximum absolute atomic E-state index is 15.0. The molecule has 8 heteroatoms. The van der Waals surface area contributed by atoms with Crippen LogP contribution in [0.15, 0.2) is 90.4 Å². The summed E-state index contributed by atoms with van der Waals surface area (Å²) in [7, 11) is 3.02. The summed E-state index contributed by atoms with van der Waals surface area (Å²) in [4.78, 5) is 46.5. The second-order valence-electron chi connectivity index (χ2n) is 10.4. The molecule has 3 aliphatic rings. The number of hydrogen-bond acceptors (Lipinski definition) is 7. The molecule has 7 rings (SSSR count). The average molecular weight is 563 g/mol. The van der Waals surface area contributed by atoms with Gasteiger partial charge < -0.3 is 19.7 Å². The van der Waals surface area contributed by atoms with Gasteiger partial charge in [-0.1, -0.05) is 48.5 Å². The fourth-order valence-corrected chi connectivity index (χ4v) is 7.60. The van der Waals surface area contributed by atoms with Crippen LogP contribution in [0, 0.1) is 5.92 Å². The third-order valence-electron chi connectivity index (χ3n) is 8.56. The highest BCUT2D eigenvalue weighted by Crippen LogP contribution is 2.62. The number of nitrogens with one attached hydrogen (secondary N) is 1. The summed E-state index contributed by atoms with van der Waals surface area (Å²) in [5.41, 5.74) is 2.03. The Morgan fingerprint density at radius 3 is 2.51 bits per heavy atom. The molecule has 1 spiro atoms. The van der Waals surface area contributed by atoms with Crippen LogP contribution in [0.25, 0.3) is 6.08 Å². The minimum absolute atomic E-state index is 0.205. The van der Waals surface area contributed by atoms with E-state index in [2.05, 4.69) is 5.32 Å². The molecule has 3 aromatic carbocycles. The van der Waals surface area contributed by atoms with Crippen LogP contribution in [0.1, 0.15) is 42.8 Å². The zero-order valence-corrected chi connectivity index (χ0v) is 23.2. The zero-order chi connectivity index (χ0) is 28.3. The molecule has 1 fully saturated rings. The quantitative estimate of drug-likeness (QED) is 0.302. The smallest absolute Gasteiger partial charge is 0.238 e. The highest BCUT2D eigenvalue weighted by Gasteiger charge is 2.71. The Morgan fingerprint density at radius 1 is 0.927 bits per heavy atom. The van der Waals surface area contributed by atoms with Crippen molar-refractivity contribution in [2.24, 2.45) is 5.92 Å².